The van der Waals surface area contributed by atoms with Crippen molar-refractivity contribution in [3.05, 3.63) is 17.0 Å². The Morgan fingerprint density at radius 1 is 1.48 bits per heavy atom. The predicted octanol–water partition coefficient (Wildman–Crippen LogP) is 2.11. The molecule has 1 unspecified atom stereocenters. The number of aromatic nitrogens is 2. The minimum absolute atomic E-state index is 0.0787. The number of nitrogens with one attached hydrogen (secondary N) is 1. The van der Waals surface area contributed by atoms with Crippen LogP contribution in [0, 0.1) is 5.41 Å². The minimum atomic E-state index is -4.59. The third-order valence-electron chi connectivity index (χ3n) is 3.55. The Kier molecular flexibility index (Phi) is 4.01. The van der Waals surface area contributed by atoms with E-state index in [9.17, 15) is 18.0 Å². The topological polar surface area (TPSA) is 58.1 Å². The van der Waals surface area contributed by atoms with Crippen molar-refractivity contribution in [2.24, 2.45) is 5.41 Å². The average molecular weight is 323 g/mol. The smallest absolute Gasteiger partial charge is 0.359 e. The molecule has 0 radical (unpaired) electrons. The number of halogens is 4. The summed E-state index contributed by atoms with van der Waals surface area (Å²) in [6.07, 6.45) is -4.07. The first-order valence-electron chi connectivity index (χ1n) is 6.24. The molecule has 0 saturated carbocycles. The predicted molar refractivity (Wildman–Crippen MR) is 71.0 cm³/mol. The SMILES string of the molecule is CNC(=O)C1(C)CCN(c2cc(C(F)(F)F)nc(Cl)n2)C1. The monoisotopic (exact) mass is 322 g/mol. The van der Waals surface area contributed by atoms with Crippen molar-refractivity contribution in [3.8, 4) is 0 Å². The summed E-state index contributed by atoms with van der Waals surface area (Å²) in [7, 11) is 1.53. The lowest BCUT2D eigenvalue weighted by Gasteiger charge is -2.23. The van der Waals surface area contributed by atoms with Crippen LogP contribution in [0.4, 0.5) is 19.0 Å². The number of carbonyl (C=O) groups is 1. The van der Waals surface area contributed by atoms with Gasteiger partial charge in [0.15, 0.2) is 5.69 Å². The fraction of sp³-hybridized carbons (Fsp3) is 0.583. The van der Waals surface area contributed by atoms with E-state index in [1.807, 2.05) is 0 Å². The molecule has 21 heavy (non-hydrogen) atoms. The zero-order chi connectivity index (χ0) is 15.8. The molecule has 2 rings (SSSR count). The molecule has 0 aliphatic carbocycles. The van der Waals surface area contributed by atoms with Crippen LogP contribution in [0.5, 0.6) is 0 Å². The first-order chi connectivity index (χ1) is 9.65. The third kappa shape index (κ3) is 3.20. The molecule has 1 amide bonds. The van der Waals surface area contributed by atoms with Crippen molar-refractivity contribution >= 4 is 23.3 Å². The molecule has 5 nitrogen and oxygen atoms in total. The van der Waals surface area contributed by atoms with Gasteiger partial charge >= 0.3 is 6.18 Å². The lowest BCUT2D eigenvalue weighted by Crippen LogP contribution is -2.39. The van der Waals surface area contributed by atoms with Crippen LogP contribution in [0.3, 0.4) is 0 Å². The largest absolute Gasteiger partial charge is 0.433 e. The van der Waals surface area contributed by atoms with E-state index in [2.05, 4.69) is 15.3 Å². The number of amides is 1. The molecule has 1 saturated heterocycles. The second kappa shape index (κ2) is 5.32. The first-order valence-corrected chi connectivity index (χ1v) is 6.62. The van der Waals surface area contributed by atoms with Gasteiger partial charge in [0.1, 0.15) is 5.82 Å². The van der Waals surface area contributed by atoms with Crippen LogP contribution in [0.1, 0.15) is 19.0 Å². The summed E-state index contributed by atoms with van der Waals surface area (Å²) >= 11 is 5.57. The molecule has 1 aliphatic rings. The first kappa shape index (κ1) is 15.8. The van der Waals surface area contributed by atoms with Crippen molar-refractivity contribution in [2.45, 2.75) is 19.5 Å². The highest BCUT2D eigenvalue weighted by Gasteiger charge is 2.41. The van der Waals surface area contributed by atoms with E-state index >= 15 is 0 Å². The second-order valence-corrected chi connectivity index (χ2v) is 5.53. The van der Waals surface area contributed by atoms with Crippen molar-refractivity contribution in [2.75, 3.05) is 25.0 Å². The summed E-state index contributed by atoms with van der Waals surface area (Å²) in [6.45, 7) is 2.46. The molecule has 1 aromatic heterocycles. The number of nitrogens with zero attached hydrogens (tertiary/aromatic N) is 3. The Balaban J connectivity index is 2.28. The van der Waals surface area contributed by atoms with E-state index in [1.54, 1.807) is 11.8 Å². The number of alkyl halides is 3. The van der Waals surface area contributed by atoms with Crippen LogP contribution in [0.25, 0.3) is 0 Å². The van der Waals surface area contributed by atoms with E-state index in [0.717, 1.165) is 6.07 Å². The van der Waals surface area contributed by atoms with Crippen LogP contribution >= 0.6 is 11.6 Å². The number of hydrogen-bond acceptors (Lipinski definition) is 4. The summed E-state index contributed by atoms with van der Waals surface area (Å²) in [5.41, 5.74) is -1.75. The summed E-state index contributed by atoms with van der Waals surface area (Å²) < 4.78 is 38.2. The van der Waals surface area contributed by atoms with E-state index in [1.165, 1.54) is 7.05 Å². The highest BCUT2D eigenvalue weighted by molar-refractivity contribution is 6.28. The van der Waals surface area contributed by atoms with Gasteiger partial charge in [-0.15, -0.1) is 0 Å². The molecule has 1 aromatic rings. The molecule has 0 bridgehead atoms. The van der Waals surface area contributed by atoms with Gasteiger partial charge in [-0.1, -0.05) is 0 Å². The van der Waals surface area contributed by atoms with Crippen LogP contribution in [0.2, 0.25) is 5.28 Å². The Morgan fingerprint density at radius 2 is 2.14 bits per heavy atom. The highest BCUT2D eigenvalue weighted by atomic mass is 35.5. The van der Waals surface area contributed by atoms with Crippen molar-refractivity contribution < 1.29 is 18.0 Å². The van der Waals surface area contributed by atoms with Crippen molar-refractivity contribution in [1.82, 2.24) is 15.3 Å². The number of carbonyl (C=O) groups excluding carboxylic acids is 1. The quantitative estimate of drug-likeness (QED) is 0.847. The van der Waals surface area contributed by atoms with Crippen LogP contribution in [-0.2, 0) is 11.0 Å². The molecule has 9 heteroatoms. The van der Waals surface area contributed by atoms with E-state index in [0.29, 0.717) is 13.0 Å². The Bertz CT molecular complexity index is 566. The molecule has 1 aliphatic heterocycles. The van der Waals surface area contributed by atoms with Gasteiger partial charge in [0.2, 0.25) is 11.2 Å². The van der Waals surface area contributed by atoms with Gasteiger partial charge in [-0.25, -0.2) is 9.97 Å². The Hall–Kier alpha value is -1.57. The fourth-order valence-corrected chi connectivity index (χ4v) is 2.53. The standard InChI is InChI=1S/C12H14ClF3N4O/c1-11(9(21)17-2)3-4-20(6-11)8-5-7(12(14,15)16)18-10(13)19-8/h5H,3-4,6H2,1-2H3,(H,17,21). The molecule has 1 fully saturated rings. The fourth-order valence-electron chi connectivity index (χ4n) is 2.36. The zero-order valence-electron chi connectivity index (χ0n) is 11.5. The summed E-state index contributed by atoms with van der Waals surface area (Å²) in [5, 5.41) is 2.10. The Morgan fingerprint density at radius 3 is 2.71 bits per heavy atom. The Labute approximate surface area is 124 Å². The average Bonchev–Trinajstić information content (AvgIpc) is 2.80. The van der Waals surface area contributed by atoms with E-state index in [4.69, 9.17) is 11.6 Å². The van der Waals surface area contributed by atoms with Crippen LogP contribution < -0.4 is 10.2 Å². The van der Waals surface area contributed by atoms with Gasteiger partial charge in [-0.05, 0) is 24.9 Å². The molecule has 0 aromatic carbocycles. The maximum atomic E-state index is 12.7. The van der Waals surface area contributed by atoms with Gasteiger partial charge in [0.05, 0.1) is 5.41 Å². The summed E-state index contributed by atoms with van der Waals surface area (Å²) in [5.74, 6) is -0.0730. The highest BCUT2D eigenvalue weighted by Crippen LogP contribution is 2.35. The number of anilines is 1. The molecule has 0 spiro atoms. The van der Waals surface area contributed by atoms with Gasteiger partial charge in [0.25, 0.3) is 0 Å². The van der Waals surface area contributed by atoms with Crippen molar-refractivity contribution in [1.29, 1.82) is 0 Å². The molecular formula is C12H14ClF3N4O. The minimum Gasteiger partial charge on any atom is -0.359 e. The van der Waals surface area contributed by atoms with Gasteiger partial charge in [0, 0.05) is 26.2 Å². The maximum Gasteiger partial charge on any atom is 0.433 e. The van der Waals surface area contributed by atoms with Crippen LogP contribution in [0.15, 0.2) is 6.07 Å². The summed E-state index contributed by atoms with van der Waals surface area (Å²) in [4.78, 5) is 20.5. The molecular weight excluding hydrogens is 309 g/mol. The molecule has 1 atom stereocenters. The van der Waals surface area contributed by atoms with Crippen LogP contribution in [-0.4, -0.2) is 36.0 Å². The molecule has 1 N–H and O–H groups in total. The maximum absolute atomic E-state index is 12.7. The van der Waals surface area contributed by atoms with Gasteiger partial charge in [-0.3, -0.25) is 4.79 Å². The second-order valence-electron chi connectivity index (χ2n) is 5.19. The van der Waals surface area contributed by atoms with Gasteiger partial charge in [-0.2, -0.15) is 13.2 Å². The molecule has 2 heterocycles. The zero-order valence-corrected chi connectivity index (χ0v) is 12.2. The normalized spacial score (nSPS) is 22.5. The third-order valence-corrected chi connectivity index (χ3v) is 3.72. The van der Waals surface area contributed by atoms with E-state index < -0.39 is 22.6 Å². The lowest BCUT2D eigenvalue weighted by molar-refractivity contribution is -0.141. The van der Waals surface area contributed by atoms with E-state index in [-0.39, 0.29) is 18.3 Å². The lowest BCUT2D eigenvalue weighted by atomic mass is 9.89. The number of rotatable bonds is 2. The van der Waals surface area contributed by atoms with Gasteiger partial charge < -0.3 is 10.2 Å². The van der Waals surface area contributed by atoms with Crippen molar-refractivity contribution in [3.63, 3.8) is 0 Å². The number of hydrogen-bond donors (Lipinski definition) is 1. The molecule has 116 valence electrons. The summed E-state index contributed by atoms with van der Waals surface area (Å²) in [6, 6.07) is 0.849.